The Hall–Kier alpha value is -2.78. The fraction of sp³-hybridized carbons (Fsp3) is 0.333. The summed E-state index contributed by atoms with van der Waals surface area (Å²) in [6.45, 7) is 2.93. The lowest BCUT2D eigenvalue weighted by molar-refractivity contribution is 0.175. The third-order valence-corrected chi connectivity index (χ3v) is 6.92. The van der Waals surface area contributed by atoms with Crippen LogP contribution in [0.4, 0.5) is 5.69 Å². The topological polar surface area (TPSA) is 24.5 Å². The summed E-state index contributed by atoms with van der Waals surface area (Å²) in [5, 5.41) is 3.89. The molecular weight excluding hydrogens is 368 g/mol. The third kappa shape index (κ3) is 3.70. The van der Waals surface area contributed by atoms with E-state index in [1.54, 1.807) is 0 Å². The van der Waals surface area contributed by atoms with Gasteiger partial charge in [0.1, 0.15) is 12.4 Å². The first kappa shape index (κ1) is 19.2. The Balaban J connectivity index is 1.35. The van der Waals surface area contributed by atoms with Crippen molar-refractivity contribution in [3.05, 3.63) is 95.6 Å². The van der Waals surface area contributed by atoms with E-state index >= 15 is 0 Å². The van der Waals surface area contributed by atoms with E-state index in [-0.39, 0.29) is 5.41 Å². The zero-order chi connectivity index (χ0) is 20.4. The number of piperidine rings is 1. The number of para-hydroxylation sites is 2. The molecule has 3 nitrogen and oxygen atoms in total. The summed E-state index contributed by atoms with van der Waals surface area (Å²) < 4.78 is 5.97. The summed E-state index contributed by atoms with van der Waals surface area (Å²) >= 11 is 0. The van der Waals surface area contributed by atoms with Gasteiger partial charge >= 0.3 is 0 Å². The van der Waals surface area contributed by atoms with Crippen molar-refractivity contribution in [2.75, 3.05) is 25.5 Å². The average molecular weight is 399 g/mol. The molecule has 2 aliphatic rings. The Morgan fingerprint density at radius 3 is 2.47 bits per heavy atom. The minimum atomic E-state index is 0.236. The Bertz CT molecular complexity index is 993. The molecule has 1 fully saturated rings. The maximum atomic E-state index is 5.97. The van der Waals surface area contributed by atoms with Crippen LogP contribution in [0.25, 0.3) is 0 Å². The van der Waals surface area contributed by atoms with Gasteiger partial charge in [0.25, 0.3) is 0 Å². The number of nitrogens with one attached hydrogen (secondary N) is 1. The highest BCUT2D eigenvalue weighted by Crippen LogP contribution is 2.48. The van der Waals surface area contributed by atoms with Gasteiger partial charge in [-0.2, -0.15) is 0 Å². The molecule has 154 valence electrons. The minimum Gasteiger partial charge on any atom is -0.489 e. The molecule has 0 saturated carbocycles. The van der Waals surface area contributed by atoms with Gasteiger partial charge in [-0.15, -0.1) is 0 Å². The molecule has 30 heavy (non-hydrogen) atoms. The van der Waals surface area contributed by atoms with Crippen molar-refractivity contribution < 1.29 is 4.74 Å². The van der Waals surface area contributed by atoms with Crippen LogP contribution in [-0.2, 0) is 18.4 Å². The molecule has 0 radical (unpaired) electrons. The molecule has 3 aromatic rings. The minimum absolute atomic E-state index is 0.236. The summed E-state index contributed by atoms with van der Waals surface area (Å²) in [7, 11) is 2.24. The number of hydrogen-bond acceptors (Lipinski definition) is 3. The quantitative estimate of drug-likeness (QED) is 0.634. The van der Waals surface area contributed by atoms with Crippen molar-refractivity contribution in [1.29, 1.82) is 0 Å². The molecule has 2 aliphatic heterocycles. The zero-order valence-corrected chi connectivity index (χ0v) is 17.7. The highest BCUT2D eigenvalue weighted by Gasteiger charge is 2.47. The van der Waals surface area contributed by atoms with E-state index in [1.807, 2.05) is 30.3 Å². The second-order valence-corrected chi connectivity index (χ2v) is 8.83. The molecule has 0 bridgehead atoms. The van der Waals surface area contributed by atoms with Crippen LogP contribution in [0.3, 0.4) is 0 Å². The Morgan fingerprint density at radius 2 is 1.63 bits per heavy atom. The van der Waals surface area contributed by atoms with Crippen molar-refractivity contribution in [1.82, 2.24) is 4.90 Å². The first-order chi connectivity index (χ1) is 14.7. The molecular formula is C27H30N2O. The number of anilines is 1. The van der Waals surface area contributed by atoms with Gasteiger partial charge in [-0.05, 0) is 74.3 Å². The molecule has 0 amide bonds. The Kier molecular flexibility index (Phi) is 5.22. The number of rotatable bonds is 5. The van der Waals surface area contributed by atoms with E-state index in [2.05, 4.69) is 65.8 Å². The van der Waals surface area contributed by atoms with Gasteiger partial charge in [-0.25, -0.2) is 0 Å². The zero-order valence-electron chi connectivity index (χ0n) is 17.7. The fourth-order valence-corrected chi connectivity index (χ4v) is 5.20. The van der Waals surface area contributed by atoms with Crippen LogP contribution in [0.2, 0.25) is 0 Å². The number of likely N-dealkylation sites (tertiary alicyclic amines) is 1. The molecule has 0 aromatic heterocycles. The normalized spacial score (nSPS) is 20.0. The van der Waals surface area contributed by atoms with E-state index in [9.17, 15) is 0 Å². The fourth-order valence-electron chi connectivity index (χ4n) is 5.20. The maximum Gasteiger partial charge on any atom is 0.119 e. The highest BCUT2D eigenvalue weighted by molar-refractivity contribution is 5.62. The van der Waals surface area contributed by atoms with Crippen LogP contribution < -0.4 is 10.1 Å². The van der Waals surface area contributed by atoms with Crippen molar-refractivity contribution in [3.8, 4) is 5.75 Å². The Morgan fingerprint density at radius 1 is 0.900 bits per heavy atom. The second-order valence-electron chi connectivity index (χ2n) is 8.83. The molecule has 0 aliphatic carbocycles. The molecule has 1 spiro atoms. The molecule has 1 N–H and O–H groups in total. The smallest absolute Gasteiger partial charge is 0.119 e. The largest absolute Gasteiger partial charge is 0.489 e. The van der Waals surface area contributed by atoms with Crippen molar-refractivity contribution in [2.24, 2.45) is 0 Å². The van der Waals surface area contributed by atoms with Gasteiger partial charge in [0.05, 0.1) is 0 Å². The maximum absolute atomic E-state index is 5.97. The van der Waals surface area contributed by atoms with E-state index < -0.39 is 0 Å². The first-order valence-electron chi connectivity index (χ1n) is 11.0. The third-order valence-electron chi connectivity index (χ3n) is 6.92. The van der Waals surface area contributed by atoms with Gasteiger partial charge in [-0.1, -0.05) is 60.7 Å². The number of nitrogens with zero attached hydrogens (tertiary/aromatic N) is 1. The summed E-state index contributed by atoms with van der Waals surface area (Å²) in [5.74, 6) is 0.918. The van der Waals surface area contributed by atoms with Crippen LogP contribution in [0, 0.1) is 0 Å². The van der Waals surface area contributed by atoms with Gasteiger partial charge in [0.15, 0.2) is 0 Å². The lowest BCUT2D eigenvalue weighted by Crippen LogP contribution is -2.48. The molecule has 3 aromatic carbocycles. The van der Waals surface area contributed by atoms with Gasteiger partial charge in [0, 0.05) is 17.1 Å². The molecule has 3 heteroatoms. The lowest BCUT2D eigenvalue weighted by atomic mass is 9.68. The predicted octanol–water partition coefficient (Wildman–Crippen LogP) is 5.27. The summed E-state index contributed by atoms with van der Waals surface area (Å²) in [6, 6.07) is 28.3. The van der Waals surface area contributed by atoms with Gasteiger partial charge in [0.2, 0.25) is 0 Å². The van der Waals surface area contributed by atoms with Gasteiger partial charge in [-0.3, -0.25) is 0 Å². The van der Waals surface area contributed by atoms with Crippen LogP contribution in [0.5, 0.6) is 5.75 Å². The van der Waals surface area contributed by atoms with Crippen molar-refractivity contribution in [3.63, 3.8) is 0 Å². The predicted molar refractivity (Wildman–Crippen MR) is 123 cm³/mol. The van der Waals surface area contributed by atoms with Crippen LogP contribution >= 0.6 is 0 Å². The first-order valence-corrected chi connectivity index (χ1v) is 11.0. The summed E-state index contributed by atoms with van der Waals surface area (Å²) in [6.07, 6.45) is 3.47. The number of hydrogen-bond donors (Lipinski definition) is 1. The van der Waals surface area contributed by atoms with Crippen molar-refractivity contribution >= 4 is 5.69 Å². The number of benzene rings is 3. The van der Waals surface area contributed by atoms with Crippen LogP contribution in [0.15, 0.2) is 78.9 Å². The molecule has 5 rings (SSSR count). The standard InChI is InChI=1S/C27H30N2O/c1-29-16-14-27(15-17-29)24-12-5-6-13-25(24)28-26(27)19-21-8-7-9-22(18-21)20-30-23-10-3-2-4-11-23/h2-13,18,26,28H,14-17,19-20H2,1H3. The summed E-state index contributed by atoms with van der Waals surface area (Å²) in [4.78, 5) is 2.46. The number of fused-ring (bicyclic) bond motifs is 2. The van der Waals surface area contributed by atoms with Gasteiger partial charge < -0.3 is 15.0 Å². The van der Waals surface area contributed by atoms with E-state index in [0.717, 1.165) is 25.3 Å². The van der Waals surface area contributed by atoms with E-state index in [0.29, 0.717) is 12.6 Å². The summed E-state index contributed by atoms with van der Waals surface area (Å²) in [5.41, 5.74) is 5.69. The van der Waals surface area contributed by atoms with Crippen LogP contribution in [0.1, 0.15) is 29.5 Å². The molecule has 1 saturated heterocycles. The number of ether oxygens (including phenoxy) is 1. The Labute approximate surface area is 179 Å². The van der Waals surface area contributed by atoms with E-state index in [1.165, 1.54) is 35.2 Å². The second kappa shape index (κ2) is 8.16. The van der Waals surface area contributed by atoms with Crippen molar-refractivity contribution in [2.45, 2.75) is 37.3 Å². The molecule has 2 heterocycles. The lowest BCUT2D eigenvalue weighted by Gasteiger charge is -2.42. The molecule has 1 unspecified atom stereocenters. The average Bonchev–Trinajstić information content (AvgIpc) is 3.08. The van der Waals surface area contributed by atoms with E-state index in [4.69, 9.17) is 4.74 Å². The van der Waals surface area contributed by atoms with Crippen LogP contribution in [-0.4, -0.2) is 31.1 Å². The highest BCUT2D eigenvalue weighted by atomic mass is 16.5. The monoisotopic (exact) mass is 398 g/mol. The SMILES string of the molecule is CN1CCC2(CC1)c1ccccc1NC2Cc1cccc(COc2ccccc2)c1. The molecule has 1 atom stereocenters.